The molecule has 4 heteroatoms. The minimum absolute atomic E-state index is 0.918. The topological polar surface area (TPSA) is 51.6 Å². The van der Waals surface area contributed by atoms with Gasteiger partial charge >= 0.3 is 0 Å². The number of benzene rings is 3. The van der Waals surface area contributed by atoms with E-state index in [0.717, 1.165) is 83.1 Å². The van der Waals surface area contributed by atoms with Crippen molar-refractivity contribution in [3.8, 4) is 22.5 Å². The highest BCUT2D eigenvalue weighted by Gasteiger charge is 2.12. The molecular weight excluding hydrogens is 500 g/mol. The summed E-state index contributed by atoms with van der Waals surface area (Å²) in [4.78, 5) is 20.0. The third-order valence-corrected chi connectivity index (χ3v) is 7.56. The van der Waals surface area contributed by atoms with Crippen molar-refractivity contribution in [2.24, 2.45) is 0 Å². The number of nitrogens with zero attached hydrogens (tertiary/aromatic N) is 4. The number of pyridine rings is 4. The van der Waals surface area contributed by atoms with E-state index in [2.05, 4.69) is 85.8 Å². The Hall–Kier alpha value is -5.22. The lowest BCUT2D eigenvalue weighted by Gasteiger charge is -2.11. The molecule has 0 saturated heterocycles. The fourth-order valence-electron chi connectivity index (χ4n) is 5.51. The summed E-state index contributed by atoms with van der Waals surface area (Å²) in [5, 5.41) is 4.34. The molecule has 4 aromatic heterocycles. The second-order valence-corrected chi connectivity index (χ2v) is 10.3. The van der Waals surface area contributed by atoms with Crippen molar-refractivity contribution in [3.63, 3.8) is 0 Å². The molecule has 0 radical (unpaired) electrons. The minimum atomic E-state index is 0.918. The van der Waals surface area contributed by atoms with Gasteiger partial charge in [0, 0.05) is 32.7 Å². The Labute approximate surface area is 238 Å². The van der Waals surface area contributed by atoms with E-state index in [0.29, 0.717) is 0 Å². The summed E-state index contributed by atoms with van der Waals surface area (Å²) in [6, 6.07) is 31.7. The monoisotopic (exact) mass is 528 g/mol. The van der Waals surface area contributed by atoms with Gasteiger partial charge < -0.3 is 0 Å². The summed E-state index contributed by atoms with van der Waals surface area (Å²) in [7, 11) is 0. The average Bonchev–Trinajstić information content (AvgIpc) is 3.00. The highest BCUT2D eigenvalue weighted by Crippen LogP contribution is 2.32. The molecule has 0 unspecified atom stereocenters. The SMILES string of the molecule is C/C=C/c1ccc2ccc3ccc(-c4ccc(-c5ccc6ccc7ccc(/C=C/C)nc7c6n5)c(C)c4)nc3c2n1. The van der Waals surface area contributed by atoms with E-state index < -0.39 is 0 Å². The van der Waals surface area contributed by atoms with Crippen molar-refractivity contribution in [3.05, 3.63) is 120 Å². The second-order valence-electron chi connectivity index (χ2n) is 10.3. The van der Waals surface area contributed by atoms with Gasteiger partial charge in [-0.25, -0.2) is 19.9 Å². The van der Waals surface area contributed by atoms with Crippen molar-refractivity contribution in [1.82, 2.24) is 19.9 Å². The largest absolute Gasteiger partial charge is 0.246 e. The summed E-state index contributed by atoms with van der Waals surface area (Å²) in [5.41, 5.74) is 10.7. The molecule has 3 aromatic carbocycles. The van der Waals surface area contributed by atoms with Crippen LogP contribution in [0.3, 0.4) is 0 Å². The summed E-state index contributed by atoms with van der Waals surface area (Å²) in [5.74, 6) is 0. The van der Waals surface area contributed by atoms with Gasteiger partial charge in [0.25, 0.3) is 0 Å². The summed E-state index contributed by atoms with van der Waals surface area (Å²) in [6.07, 6.45) is 8.05. The molecule has 41 heavy (non-hydrogen) atoms. The van der Waals surface area contributed by atoms with Crippen LogP contribution >= 0.6 is 0 Å². The Morgan fingerprint density at radius 1 is 0.463 bits per heavy atom. The number of rotatable bonds is 4. The van der Waals surface area contributed by atoms with Gasteiger partial charge in [-0.05, 0) is 68.8 Å². The van der Waals surface area contributed by atoms with Gasteiger partial charge in [-0.2, -0.15) is 0 Å². The Balaban J connectivity index is 1.32. The molecule has 7 rings (SSSR count). The van der Waals surface area contributed by atoms with E-state index in [-0.39, 0.29) is 0 Å². The molecular formula is C37H28N4. The van der Waals surface area contributed by atoms with E-state index in [1.54, 1.807) is 0 Å². The van der Waals surface area contributed by atoms with Crippen molar-refractivity contribution < 1.29 is 0 Å². The quantitative estimate of drug-likeness (QED) is 0.213. The average molecular weight is 529 g/mol. The number of hydrogen-bond acceptors (Lipinski definition) is 4. The molecule has 4 nitrogen and oxygen atoms in total. The van der Waals surface area contributed by atoms with Gasteiger partial charge in [0.2, 0.25) is 0 Å². The van der Waals surface area contributed by atoms with Crippen LogP contribution in [0, 0.1) is 6.92 Å². The maximum absolute atomic E-state index is 5.12. The normalized spacial score (nSPS) is 12.1. The van der Waals surface area contributed by atoms with Crippen molar-refractivity contribution in [1.29, 1.82) is 0 Å². The fraction of sp³-hybridized carbons (Fsp3) is 0.0811. The van der Waals surface area contributed by atoms with Gasteiger partial charge in [-0.15, -0.1) is 0 Å². The zero-order chi connectivity index (χ0) is 27.9. The van der Waals surface area contributed by atoms with E-state index in [1.807, 2.05) is 50.3 Å². The molecule has 0 saturated carbocycles. The summed E-state index contributed by atoms with van der Waals surface area (Å²) < 4.78 is 0. The van der Waals surface area contributed by atoms with Crippen LogP contribution in [-0.4, -0.2) is 19.9 Å². The van der Waals surface area contributed by atoms with Crippen LogP contribution in [0.1, 0.15) is 30.8 Å². The molecule has 196 valence electrons. The molecule has 0 aliphatic carbocycles. The molecule has 0 aliphatic rings. The number of aromatic nitrogens is 4. The molecule has 7 aromatic rings. The van der Waals surface area contributed by atoms with Crippen LogP contribution in [-0.2, 0) is 0 Å². The highest BCUT2D eigenvalue weighted by atomic mass is 14.8. The Bertz CT molecular complexity index is 2190. The van der Waals surface area contributed by atoms with Crippen LogP contribution in [0.5, 0.6) is 0 Å². The van der Waals surface area contributed by atoms with E-state index in [4.69, 9.17) is 19.9 Å². The number of fused-ring (bicyclic) bond motifs is 6. The maximum atomic E-state index is 5.12. The maximum Gasteiger partial charge on any atom is 0.0972 e. The highest BCUT2D eigenvalue weighted by molar-refractivity contribution is 6.05. The number of aryl methyl sites for hydroxylation is 1. The Kier molecular flexibility index (Phi) is 6.09. The van der Waals surface area contributed by atoms with Gasteiger partial charge in [0.05, 0.1) is 44.8 Å². The first-order valence-electron chi connectivity index (χ1n) is 13.9. The molecule has 0 spiro atoms. The molecule has 0 fully saturated rings. The Morgan fingerprint density at radius 2 is 0.902 bits per heavy atom. The van der Waals surface area contributed by atoms with Crippen LogP contribution in [0.25, 0.3) is 78.3 Å². The molecule has 0 atom stereocenters. The van der Waals surface area contributed by atoms with Crippen LogP contribution < -0.4 is 0 Å². The predicted octanol–water partition coefficient (Wildman–Crippen LogP) is 9.59. The lowest BCUT2D eigenvalue weighted by molar-refractivity contribution is 1.32. The number of hydrogen-bond donors (Lipinski definition) is 0. The summed E-state index contributed by atoms with van der Waals surface area (Å²) in [6.45, 7) is 6.15. The first-order chi connectivity index (χ1) is 20.1. The zero-order valence-corrected chi connectivity index (χ0v) is 23.3. The molecule has 0 amide bonds. The van der Waals surface area contributed by atoms with Gasteiger partial charge in [-0.1, -0.05) is 72.8 Å². The number of allylic oxidation sites excluding steroid dienone is 2. The lowest BCUT2D eigenvalue weighted by Crippen LogP contribution is -1.93. The van der Waals surface area contributed by atoms with Crippen molar-refractivity contribution >= 4 is 55.8 Å². The smallest absolute Gasteiger partial charge is 0.0972 e. The van der Waals surface area contributed by atoms with E-state index >= 15 is 0 Å². The summed E-state index contributed by atoms with van der Waals surface area (Å²) >= 11 is 0. The first-order valence-corrected chi connectivity index (χ1v) is 13.9. The second kappa shape index (κ2) is 10.1. The third-order valence-electron chi connectivity index (χ3n) is 7.56. The standard InChI is InChI=1S/C37H28N4/c1-4-6-29-17-12-24-8-10-26-15-20-32(40-36(26)34(24)38-29)28-14-19-31(23(3)22-28)33-21-16-27-11-9-25-13-18-30(7-5-2)39-35(25)37(27)41-33/h4-22H,1-3H3/b6-4+,7-5+. The molecule has 4 heterocycles. The van der Waals surface area contributed by atoms with Gasteiger partial charge in [-0.3, -0.25) is 0 Å². The molecule has 0 bridgehead atoms. The van der Waals surface area contributed by atoms with Crippen LogP contribution in [0.15, 0.2) is 103 Å². The predicted molar refractivity (Wildman–Crippen MR) is 173 cm³/mol. The van der Waals surface area contributed by atoms with Crippen LogP contribution in [0.2, 0.25) is 0 Å². The fourth-order valence-corrected chi connectivity index (χ4v) is 5.51. The van der Waals surface area contributed by atoms with E-state index in [1.165, 1.54) is 0 Å². The Morgan fingerprint density at radius 3 is 1.41 bits per heavy atom. The van der Waals surface area contributed by atoms with Crippen molar-refractivity contribution in [2.75, 3.05) is 0 Å². The molecule has 0 aliphatic heterocycles. The molecule has 0 N–H and O–H groups in total. The van der Waals surface area contributed by atoms with Gasteiger partial charge in [0.1, 0.15) is 0 Å². The minimum Gasteiger partial charge on any atom is -0.246 e. The zero-order valence-electron chi connectivity index (χ0n) is 23.3. The van der Waals surface area contributed by atoms with Gasteiger partial charge in [0.15, 0.2) is 0 Å². The third kappa shape index (κ3) is 4.44. The first kappa shape index (κ1) is 24.8. The van der Waals surface area contributed by atoms with Crippen LogP contribution in [0.4, 0.5) is 0 Å². The lowest BCUT2D eigenvalue weighted by atomic mass is 9.99. The van der Waals surface area contributed by atoms with E-state index in [9.17, 15) is 0 Å². The van der Waals surface area contributed by atoms with Crippen molar-refractivity contribution in [2.45, 2.75) is 20.8 Å².